The Balaban J connectivity index is 1.91. The van der Waals surface area contributed by atoms with Crippen molar-refractivity contribution in [1.29, 1.82) is 0 Å². The van der Waals surface area contributed by atoms with Gasteiger partial charge in [0.1, 0.15) is 11.6 Å². The molecule has 4 N–H and O–H groups in total. The van der Waals surface area contributed by atoms with Crippen molar-refractivity contribution in [2.24, 2.45) is 0 Å². The molecule has 0 spiro atoms. The Labute approximate surface area is 162 Å². The first kappa shape index (κ1) is 17.7. The largest absolute Gasteiger partial charge is 0.494 e. The SMILES string of the molecule is CCc1ccc(-n2c(O)c([C@@H]3[NH2+]CCc4ccccc43)c(=O)[nH]c2=S)cc1. The van der Waals surface area contributed by atoms with Crippen LogP contribution in [0.1, 0.15) is 35.2 Å². The summed E-state index contributed by atoms with van der Waals surface area (Å²) in [5.74, 6) is -0.0917. The molecule has 27 heavy (non-hydrogen) atoms. The van der Waals surface area contributed by atoms with E-state index in [4.69, 9.17) is 12.2 Å². The normalized spacial score (nSPS) is 16.1. The highest BCUT2D eigenvalue weighted by Gasteiger charge is 2.31. The molecule has 2 aromatic carbocycles. The van der Waals surface area contributed by atoms with E-state index in [1.54, 1.807) is 0 Å². The highest BCUT2D eigenvalue weighted by molar-refractivity contribution is 7.71. The maximum atomic E-state index is 12.7. The molecule has 0 radical (unpaired) electrons. The second-order valence-electron chi connectivity index (χ2n) is 6.80. The van der Waals surface area contributed by atoms with Gasteiger partial charge in [-0.25, -0.2) is 0 Å². The lowest BCUT2D eigenvalue weighted by atomic mass is 9.90. The number of hydrogen-bond donors (Lipinski definition) is 3. The van der Waals surface area contributed by atoms with Crippen LogP contribution in [-0.2, 0) is 12.8 Å². The zero-order valence-corrected chi connectivity index (χ0v) is 15.9. The monoisotopic (exact) mass is 380 g/mol. The number of H-pyrrole nitrogens is 1. The Morgan fingerprint density at radius 1 is 1.22 bits per heavy atom. The third-order valence-electron chi connectivity index (χ3n) is 5.24. The van der Waals surface area contributed by atoms with Crippen molar-refractivity contribution in [2.75, 3.05) is 6.54 Å². The Kier molecular flexibility index (Phi) is 4.68. The van der Waals surface area contributed by atoms with Crippen LogP contribution < -0.4 is 10.9 Å². The fourth-order valence-corrected chi connectivity index (χ4v) is 4.09. The summed E-state index contributed by atoms with van der Waals surface area (Å²) in [4.78, 5) is 15.5. The Morgan fingerprint density at radius 2 is 1.96 bits per heavy atom. The van der Waals surface area contributed by atoms with Gasteiger partial charge < -0.3 is 10.4 Å². The van der Waals surface area contributed by atoms with Gasteiger partial charge in [-0.05, 0) is 41.9 Å². The van der Waals surface area contributed by atoms with Crippen molar-refractivity contribution in [3.8, 4) is 11.6 Å². The number of nitrogens with one attached hydrogen (secondary N) is 1. The molecule has 0 amide bonds. The maximum absolute atomic E-state index is 12.7. The summed E-state index contributed by atoms with van der Waals surface area (Å²) in [5, 5.41) is 13.2. The minimum absolute atomic E-state index is 0.0917. The number of benzene rings is 2. The summed E-state index contributed by atoms with van der Waals surface area (Å²) >= 11 is 5.35. The smallest absolute Gasteiger partial charge is 0.265 e. The van der Waals surface area contributed by atoms with Crippen molar-refractivity contribution in [2.45, 2.75) is 25.8 Å². The molecular weight excluding hydrogens is 358 g/mol. The van der Waals surface area contributed by atoms with Crippen molar-refractivity contribution in [3.05, 3.63) is 85.9 Å². The molecule has 4 rings (SSSR count). The molecule has 5 nitrogen and oxygen atoms in total. The van der Waals surface area contributed by atoms with Crippen LogP contribution in [-0.4, -0.2) is 21.2 Å². The third kappa shape index (κ3) is 3.11. The number of quaternary nitrogens is 1. The number of fused-ring (bicyclic) bond motifs is 1. The number of aromatic hydroxyl groups is 1. The summed E-state index contributed by atoms with van der Waals surface area (Å²) in [6, 6.07) is 15.7. The van der Waals surface area contributed by atoms with Gasteiger partial charge in [0.05, 0.1) is 12.2 Å². The van der Waals surface area contributed by atoms with E-state index in [0.717, 1.165) is 30.6 Å². The van der Waals surface area contributed by atoms with Crippen LogP contribution in [0.2, 0.25) is 0 Å². The van der Waals surface area contributed by atoms with E-state index in [-0.39, 0.29) is 22.3 Å². The first-order valence-electron chi connectivity index (χ1n) is 9.18. The average molecular weight is 380 g/mol. The summed E-state index contributed by atoms with van der Waals surface area (Å²) in [6.45, 7) is 2.95. The number of rotatable bonds is 3. The quantitative estimate of drug-likeness (QED) is 0.611. The molecule has 1 atom stereocenters. The number of aryl methyl sites for hydroxylation is 1. The lowest BCUT2D eigenvalue weighted by molar-refractivity contribution is -0.690. The fourth-order valence-electron chi connectivity index (χ4n) is 3.81. The number of nitrogens with two attached hydrogens (primary N) is 1. The molecule has 1 aliphatic rings. The molecule has 0 bridgehead atoms. The molecule has 0 unspecified atom stereocenters. The molecule has 138 valence electrons. The zero-order valence-electron chi connectivity index (χ0n) is 15.1. The molecule has 3 aromatic rings. The van der Waals surface area contributed by atoms with Crippen LogP contribution in [0.5, 0.6) is 5.88 Å². The topological polar surface area (TPSA) is 74.6 Å². The molecule has 0 saturated heterocycles. The van der Waals surface area contributed by atoms with E-state index in [1.165, 1.54) is 15.7 Å². The van der Waals surface area contributed by atoms with Crippen LogP contribution in [0, 0.1) is 4.77 Å². The molecule has 6 heteroatoms. The number of aromatic nitrogens is 2. The van der Waals surface area contributed by atoms with Crippen LogP contribution in [0.25, 0.3) is 5.69 Å². The predicted molar refractivity (Wildman–Crippen MR) is 107 cm³/mol. The van der Waals surface area contributed by atoms with Gasteiger partial charge in [-0.2, -0.15) is 0 Å². The van der Waals surface area contributed by atoms with Gasteiger partial charge in [-0.1, -0.05) is 43.3 Å². The summed E-state index contributed by atoms with van der Waals surface area (Å²) < 4.78 is 1.73. The van der Waals surface area contributed by atoms with Gasteiger partial charge in [-0.15, -0.1) is 0 Å². The van der Waals surface area contributed by atoms with E-state index in [1.807, 2.05) is 42.5 Å². The van der Waals surface area contributed by atoms with E-state index in [9.17, 15) is 9.90 Å². The Bertz CT molecular complexity index is 1100. The van der Waals surface area contributed by atoms with Crippen LogP contribution in [0.3, 0.4) is 0 Å². The maximum Gasteiger partial charge on any atom is 0.265 e. The van der Waals surface area contributed by atoms with Crippen molar-refractivity contribution in [1.82, 2.24) is 9.55 Å². The minimum atomic E-state index is -0.336. The van der Waals surface area contributed by atoms with E-state index >= 15 is 0 Å². The molecule has 1 aromatic heterocycles. The number of aromatic amines is 1. The Morgan fingerprint density at radius 3 is 2.70 bits per heavy atom. The van der Waals surface area contributed by atoms with Gasteiger partial charge >= 0.3 is 0 Å². The summed E-state index contributed by atoms with van der Waals surface area (Å²) in [5.41, 5.74) is 4.21. The third-order valence-corrected chi connectivity index (χ3v) is 5.53. The fraction of sp³-hybridized carbons (Fsp3) is 0.238. The zero-order chi connectivity index (χ0) is 19.0. The van der Waals surface area contributed by atoms with Crippen molar-refractivity contribution < 1.29 is 10.4 Å². The Hall–Kier alpha value is -2.70. The summed E-state index contributed by atoms with van der Waals surface area (Å²) in [7, 11) is 0. The first-order valence-corrected chi connectivity index (χ1v) is 9.59. The molecule has 1 aliphatic heterocycles. The first-order chi connectivity index (χ1) is 13.1. The van der Waals surface area contributed by atoms with Crippen molar-refractivity contribution in [3.63, 3.8) is 0 Å². The molecule has 0 fully saturated rings. The van der Waals surface area contributed by atoms with Gasteiger partial charge in [0.15, 0.2) is 4.77 Å². The molecule has 0 aliphatic carbocycles. The lowest BCUT2D eigenvalue weighted by Gasteiger charge is -2.24. The van der Waals surface area contributed by atoms with Gasteiger partial charge in [0.25, 0.3) is 5.56 Å². The second kappa shape index (κ2) is 7.13. The lowest BCUT2D eigenvalue weighted by Crippen LogP contribution is -2.87. The van der Waals surface area contributed by atoms with Crippen LogP contribution in [0.15, 0.2) is 53.3 Å². The molecular formula is C21H22N3O2S+. The number of hydrogen-bond acceptors (Lipinski definition) is 3. The van der Waals surface area contributed by atoms with Gasteiger partial charge in [0.2, 0.25) is 5.88 Å². The number of nitrogens with zero attached hydrogens (tertiary/aromatic N) is 1. The summed E-state index contributed by atoms with van der Waals surface area (Å²) in [6.07, 6.45) is 1.88. The van der Waals surface area contributed by atoms with E-state index < -0.39 is 0 Å². The predicted octanol–water partition coefficient (Wildman–Crippen LogP) is 2.37. The highest BCUT2D eigenvalue weighted by atomic mass is 32.1. The van der Waals surface area contributed by atoms with E-state index in [0.29, 0.717) is 5.56 Å². The van der Waals surface area contributed by atoms with Crippen LogP contribution in [0.4, 0.5) is 0 Å². The van der Waals surface area contributed by atoms with Gasteiger partial charge in [0, 0.05) is 12.0 Å². The molecule has 0 saturated carbocycles. The van der Waals surface area contributed by atoms with Crippen molar-refractivity contribution >= 4 is 12.2 Å². The highest BCUT2D eigenvalue weighted by Crippen LogP contribution is 2.29. The van der Waals surface area contributed by atoms with Crippen LogP contribution >= 0.6 is 12.2 Å². The van der Waals surface area contributed by atoms with Gasteiger partial charge in [-0.3, -0.25) is 14.3 Å². The van der Waals surface area contributed by atoms with E-state index in [2.05, 4.69) is 23.3 Å². The molecule has 2 heterocycles. The second-order valence-corrected chi connectivity index (χ2v) is 7.19. The minimum Gasteiger partial charge on any atom is -0.494 e. The average Bonchev–Trinajstić information content (AvgIpc) is 2.68. The standard InChI is InChI=1S/C21H21N3O2S/c1-2-13-7-9-15(10-8-13)24-20(26)17(19(25)23-21(24)27)18-16-6-4-3-5-14(16)11-12-22-18/h3-10,18,22,26H,2,11-12H2,1H3,(H,23,25,27)/p+1/t18-/m1/s1.